The number of aliphatic hydroxyl groups excluding tert-OH is 1. The zero-order chi connectivity index (χ0) is 58.0. The average Bonchev–Trinajstić information content (AvgIpc) is 3.47. The fourth-order valence-electron chi connectivity index (χ4n) is 10.4. The molecule has 0 amide bonds. The second-order valence-electron chi connectivity index (χ2n) is 21.5. The Bertz CT molecular complexity index is 3180. The summed E-state index contributed by atoms with van der Waals surface area (Å²) in [6, 6.07) is 55.6. The maximum atomic E-state index is 12.5. The molecule has 0 heterocycles. The SMILES string of the molecule is CC(C(=O)C1CCC1)c1ccc2ccccc2c1.CC(C(=O)O)c1ccc2ccccc2c1.CCCCCC(C)C.CCCN(CCN(CCC)C(C(=O)O)c1ccc2ccccc2c1)C(C=O)c1ccc2ccccc2c1.CO. The van der Waals surface area contributed by atoms with Gasteiger partial charge in [0, 0.05) is 32.0 Å². The molecule has 4 atom stereocenters. The Morgan fingerprint density at radius 3 is 1.25 bits per heavy atom. The molecule has 9 heteroatoms. The van der Waals surface area contributed by atoms with Crippen molar-refractivity contribution in [2.24, 2.45) is 11.8 Å². The highest BCUT2D eigenvalue weighted by molar-refractivity contribution is 5.91. The first-order chi connectivity index (χ1) is 38.8. The van der Waals surface area contributed by atoms with Crippen LogP contribution in [0.1, 0.15) is 152 Å². The lowest BCUT2D eigenvalue weighted by Crippen LogP contribution is -2.42. The van der Waals surface area contributed by atoms with Gasteiger partial charge >= 0.3 is 11.9 Å². The minimum Gasteiger partial charge on any atom is -0.481 e. The number of rotatable bonds is 22. The number of carboxylic acid groups (broad SMARTS) is 2. The molecular weight excluding hydrogens is 993 g/mol. The van der Waals surface area contributed by atoms with Crippen LogP contribution in [0.15, 0.2) is 170 Å². The maximum absolute atomic E-state index is 12.5. The number of hydrogen-bond acceptors (Lipinski definition) is 7. The van der Waals surface area contributed by atoms with Crippen molar-refractivity contribution in [2.75, 3.05) is 33.3 Å². The van der Waals surface area contributed by atoms with Crippen LogP contribution in [0.4, 0.5) is 0 Å². The van der Waals surface area contributed by atoms with Gasteiger partial charge in [-0.3, -0.25) is 24.2 Å². The predicted octanol–water partition coefficient (Wildman–Crippen LogP) is 16.7. The number of carbonyl (C=O) groups excluding carboxylic acids is 2. The van der Waals surface area contributed by atoms with E-state index in [-0.39, 0.29) is 12.0 Å². The highest BCUT2D eigenvalue weighted by Crippen LogP contribution is 2.34. The van der Waals surface area contributed by atoms with Crippen molar-refractivity contribution in [3.63, 3.8) is 0 Å². The summed E-state index contributed by atoms with van der Waals surface area (Å²) in [5, 5.41) is 35.3. The molecule has 1 saturated carbocycles. The van der Waals surface area contributed by atoms with E-state index in [4.69, 9.17) is 10.2 Å². The number of Topliss-reactive ketones (excluding diaryl/α,β-unsaturated/α-hetero) is 1. The lowest BCUT2D eigenvalue weighted by atomic mass is 9.76. The van der Waals surface area contributed by atoms with Crippen molar-refractivity contribution >= 4 is 67.1 Å². The molecule has 0 bridgehead atoms. The number of carboxylic acids is 2. The van der Waals surface area contributed by atoms with Crippen molar-refractivity contribution < 1.29 is 34.5 Å². The Morgan fingerprint density at radius 1 is 0.475 bits per heavy atom. The second-order valence-corrected chi connectivity index (χ2v) is 21.5. The van der Waals surface area contributed by atoms with E-state index in [0.717, 1.165) is 106 Å². The highest BCUT2D eigenvalue weighted by atomic mass is 16.4. The molecule has 424 valence electrons. The van der Waals surface area contributed by atoms with E-state index in [9.17, 15) is 24.3 Å². The number of aldehydes is 1. The lowest BCUT2D eigenvalue weighted by molar-refractivity contribution is -0.144. The first kappa shape index (κ1) is 63.8. The van der Waals surface area contributed by atoms with Gasteiger partial charge in [0.1, 0.15) is 18.1 Å². The van der Waals surface area contributed by atoms with E-state index in [0.29, 0.717) is 31.3 Å². The third-order valence-corrected chi connectivity index (χ3v) is 15.3. The van der Waals surface area contributed by atoms with E-state index in [2.05, 4.69) is 94.1 Å². The highest BCUT2D eigenvalue weighted by Gasteiger charge is 2.30. The van der Waals surface area contributed by atoms with Crippen LogP contribution in [0.5, 0.6) is 0 Å². The van der Waals surface area contributed by atoms with E-state index in [1.807, 2.05) is 127 Å². The summed E-state index contributed by atoms with van der Waals surface area (Å²) in [6.45, 7) is 17.3. The van der Waals surface area contributed by atoms with Crippen LogP contribution in [0, 0.1) is 11.8 Å². The van der Waals surface area contributed by atoms with Crippen LogP contribution in [0.2, 0.25) is 0 Å². The molecule has 9 rings (SSSR count). The molecule has 0 saturated heterocycles. The number of hydrogen-bond donors (Lipinski definition) is 3. The summed E-state index contributed by atoms with van der Waals surface area (Å²) in [5.74, 6) is -0.392. The first-order valence-corrected chi connectivity index (χ1v) is 29.1. The van der Waals surface area contributed by atoms with Crippen LogP contribution in [0.3, 0.4) is 0 Å². The van der Waals surface area contributed by atoms with Gasteiger partial charge in [-0.1, -0.05) is 231 Å². The third-order valence-electron chi connectivity index (χ3n) is 15.3. The smallest absolute Gasteiger partial charge is 0.325 e. The van der Waals surface area contributed by atoms with Gasteiger partial charge in [0.15, 0.2) is 0 Å². The summed E-state index contributed by atoms with van der Waals surface area (Å²) < 4.78 is 0. The fraction of sp³-hybridized carbons (Fsp3) is 0.380. The van der Waals surface area contributed by atoms with Gasteiger partial charge in [-0.25, -0.2) is 0 Å². The van der Waals surface area contributed by atoms with E-state index in [1.165, 1.54) is 42.9 Å². The molecule has 9 nitrogen and oxygen atoms in total. The molecule has 0 aromatic heterocycles. The number of fused-ring (bicyclic) bond motifs is 4. The van der Waals surface area contributed by atoms with Gasteiger partial charge in [0.05, 0.1) is 12.0 Å². The monoisotopic (exact) mass is 1080 g/mol. The number of ketones is 1. The topological polar surface area (TPSA) is 135 Å². The van der Waals surface area contributed by atoms with Crippen LogP contribution in [-0.2, 0) is 19.2 Å². The molecule has 4 unspecified atom stereocenters. The zero-order valence-corrected chi connectivity index (χ0v) is 48.8. The second kappa shape index (κ2) is 33.5. The van der Waals surface area contributed by atoms with Crippen molar-refractivity contribution in [3.05, 3.63) is 192 Å². The molecule has 80 heavy (non-hydrogen) atoms. The van der Waals surface area contributed by atoms with E-state index >= 15 is 0 Å². The normalized spacial score (nSPS) is 13.6. The van der Waals surface area contributed by atoms with Gasteiger partial charge in [-0.05, 0) is 129 Å². The summed E-state index contributed by atoms with van der Waals surface area (Å²) in [4.78, 5) is 52.2. The summed E-state index contributed by atoms with van der Waals surface area (Å²) in [5.41, 5.74) is 3.75. The Labute approximate surface area is 476 Å². The Hall–Kier alpha value is -7.04. The van der Waals surface area contributed by atoms with Crippen LogP contribution in [-0.4, -0.2) is 82.4 Å². The fourth-order valence-corrected chi connectivity index (χ4v) is 10.4. The largest absolute Gasteiger partial charge is 0.481 e. The van der Waals surface area contributed by atoms with Crippen molar-refractivity contribution in [1.82, 2.24) is 9.80 Å². The minimum absolute atomic E-state index is 0.0416. The van der Waals surface area contributed by atoms with E-state index in [1.54, 1.807) is 6.92 Å². The first-order valence-electron chi connectivity index (χ1n) is 29.1. The molecule has 8 aromatic rings. The van der Waals surface area contributed by atoms with Crippen LogP contribution < -0.4 is 0 Å². The maximum Gasteiger partial charge on any atom is 0.325 e. The number of aliphatic carboxylic acids is 2. The molecule has 1 aliphatic rings. The molecule has 1 fully saturated rings. The number of aliphatic hydroxyl groups is 1. The molecule has 0 spiro atoms. The molecule has 0 aliphatic heterocycles. The summed E-state index contributed by atoms with van der Waals surface area (Å²) in [7, 11) is 1.00. The molecule has 8 aromatic carbocycles. The average molecular weight is 1080 g/mol. The number of carbonyl (C=O) groups is 4. The Kier molecular flexibility index (Phi) is 26.7. The number of unbranched alkanes of at least 4 members (excludes halogenated alkanes) is 2. The van der Waals surface area contributed by atoms with Crippen molar-refractivity contribution in [2.45, 2.75) is 130 Å². The predicted molar refractivity (Wildman–Crippen MR) is 333 cm³/mol. The minimum atomic E-state index is -0.854. The van der Waals surface area contributed by atoms with Gasteiger partial charge in [0.2, 0.25) is 0 Å². The summed E-state index contributed by atoms with van der Waals surface area (Å²) >= 11 is 0. The molecule has 3 N–H and O–H groups in total. The van der Waals surface area contributed by atoms with Crippen molar-refractivity contribution in [3.8, 4) is 0 Å². The van der Waals surface area contributed by atoms with Crippen LogP contribution in [0.25, 0.3) is 43.1 Å². The number of benzene rings is 8. The van der Waals surface area contributed by atoms with Crippen LogP contribution >= 0.6 is 0 Å². The Balaban J connectivity index is 0.000000225. The molecule has 1 aliphatic carbocycles. The molecular formula is C71H88N2O7. The zero-order valence-electron chi connectivity index (χ0n) is 48.8. The molecule has 0 radical (unpaired) electrons. The van der Waals surface area contributed by atoms with Gasteiger partial charge < -0.3 is 20.1 Å². The third kappa shape index (κ3) is 18.5. The number of nitrogens with zero attached hydrogens (tertiary/aromatic N) is 2. The Morgan fingerprint density at radius 2 is 0.863 bits per heavy atom. The lowest BCUT2D eigenvalue weighted by Gasteiger charge is -2.34. The van der Waals surface area contributed by atoms with Gasteiger partial charge in [-0.2, -0.15) is 0 Å². The summed E-state index contributed by atoms with van der Waals surface area (Å²) in [6.07, 6.45) is 11.8. The quantitative estimate of drug-likeness (QED) is 0.0448. The van der Waals surface area contributed by atoms with Gasteiger partial charge in [0.25, 0.3) is 0 Å². The standard InChI is InChI=1S/C32H36N2O3.C17H18O.C13H12O2.C8H18.CH4O/c1-3-17-33(30(23-35)28-15-13-24-9-5-7-11-26(24)21-28)19-20-34(18-4-2)31(32(36)37)29-16-14-25-10-6-8-12-27(25)22-29;1-12(17(18)14-7-4-8-14)15-10-9-13-5-2-3-6-16(13)11-15;1-9(13(14)15)11-7-6-10-4-2-3-5-12(10)8-11;1-4-5-6-7-8(2)3;1-2/h5-16,21-23,30-31H,3-4,17-20H2,1-2H3,(H,36,37);2-3,5-6,9-12,14H,4,7-8H2,1H3;2-9H,1H3,(H,14,15);8H,4-7H2,1-3H3;2H,1H3. The van der Waals surface area contributed by atoms with E-state index < -0.39 is 23.9 Å². The van der Waals surface area contributed by atoms with Gasteiger partial charge in [-0.15, -0.1) is 0 Å². The van der Waals surface area contributed by atoms with Crippen molar-refractivity contribution in [1.29, 1.82) is 0 Å².